The molecule has 0 unspecified atom stereocenters. The molecule has 4 aromatic rings. The van der Waals surface area contributed by atoms with E-state index in [2.05, 4.69) is 20.1 Å². The highest BCUT2D eigenvalue weighted by Crippen LogP contribution is 2.44. The van der Waals surface area contributed by atoms with Crippen LogP contribution in [0.4, 0.5) is 5.69 Å². The van der Waals surface area contributed by atoms with E-state index >= 15 is 0 Å². The summed E-state index contributed by atoms with van der Waals surface area (Å²) in [6.45, 7) is 0. The van der Waals surface area contributed by atoms with Crippen molar-refractivity contribution in [1.29, 1.82) is 0 Å². The molecule has 3 N–H and O–H groups in total. The van der Waals surface area contributed by atoms with Crippen LogP contribution < -0.4 is 0 Å². The Bertz CT molecular complexity index is 1030. The second-order valence-electron chi connectivity index (χ2n) is 4.88. The van der Waals surface area contributed by atoms with Crippen molar-refractivity contribution in [2.75, 3.05) is 0 Å². The molecule has 6 nitrogen and oxygen atoms in total. The lowest BCUT2D eigenvalue weighted by molar-refractivity contribution is 0.460. The summed E-state index contributed by atoms with van der Waals surface area (Å²) in [5.74, 6) is -0.0614. The van der Waals surface area contributed by atoms with Crippen molar-refractivity contribution in [1.82, 2.24) is 15.0 Å². The number of benzene rings is 1. The molecule has 0 amide bonds. The van der Waals surface area contributed by atoms with Crippen molar-refractivity contribution in [3.05, 3.63) is 46.5 Å². The highest BCUT2D eigenvalue weighted by atomic mass is 35.5. The lowest BCUT2D eigenvalue weighted by atomic mass is 10.1. The van der Waals surface area contributed by atoms with Crippen LogP contribution in [0.5, 0.6) is 5.88 Å². The summed E-state index contributed by atoms with van der Waals surface area (Å²) in [6.07, 6.45) is 1.62. The summed E-state index contributed by atoms with van der Waals surface area (Å²) >= 11 is 5.96. The standard InChI is InChI=1S/C15H9ClN4O2/c16-7-3-4-8-10(6-7)18-15(21)11(8)13-12(20-22)9-2-1-5-17-14(9)19-13/h1-6,18,21H,(H,17,19). The van der Waals surface area contributed by atoms with Crippen LogP contribution in [0.2, 0.25) is 5.02 Å². The van der Waals surface area contributed by atoms with Crippen molar-refractivity contribution in [2.45, 2.75) is 0 Å². The lowest BCUT2D eigenvalue weighted by Crippen LogP contribution is -1.78. The molecule has 3 heterocycles. The molecular weight excluding hydrogens is 304 g/mol. The Hall–Kier alpha value is -2.86. The van der Waals surface area contributed by atoms with E-state index in [1.165, 1.54) is 0 Å². The maximum atomic E-state index is 11.3. The van der Waals surface area contributed by atoms with Crippen LogP contribution in [-0.2, 0) is 0 Å². The van der Waals surface area contributed by atoms with Crippen LogP contribution >= 0.6 is 11.6 Å². The third-order valence-electron chi connectivity index (χ3n) is 3.63. The Kier molecular flexibility index (Phi) is 2.67. The first-order chi connectivity index (χ1) is 10.7. The number of pyridine rings is 1. The highest BCUT2D eigenvalue weighted by Gasteiger charge is 2.21. The minimum Gasteiger partial charge on any atom is -0.494 e. The van der Waals surface area contributed by atoms with Crippen LogP contribution in [0.25, 0.3) is 33.2 Å². The maximum Gasteiger partial charge on any atom is 0.199 e. The van der Waals surface area contributed by atoms with Gasteiger partial charge in [0, 0.05) is 22.0 Å². The Morgan fingerprint density at radius 3 is 2.86 bits per heavy atom. The first-order valence-corrected chi connectivity index (χ1v) is 6.87. The summed E-state index contributed by atoms with van der Waals surface area (Å²) < 4.78 is 0. The molecule has 22 heavy (non-hydrogen) atoms. The van der Waals surface area contributed by atoms with E-state index in [1.54, 1.807) is 36.5 Å². The Balaban J connectivity index is 2.11. The van der Waals surface area contributed by atoms with Crippen LogP contribution in [0.1, 0.15) is 0 Å². The summed E-state index contributed by atoms with van der Waals surface area (Å²) in [5.41, 5.74) is 2.32. The van der Waals surface area contributed by atoms with Gasteiger partial charge in [-0.05, 0) is 29.4 Å². The van der Waals surface area contributed by atoms with Gasteiger partial charge in [0.15, 0.2) is 5.88 Å². The molecule has 0 aliphatic heterocycles. The van der Waals surface area contributed by atoms with Gasteiger partial charge in [-0.15, -0.1) is 4.91 Å². The van der Waals surface area contributed by atoms with E-state index in [-0.39, 0.29) is 11.6 Å². The van der Waals surface area contributed by atoms with E-state index < -0.39 is 0 Å². The first-order valence-electron chi connectivity index (χ1n) is 6.49. The van der Waals surface area contributed by atoms with Gasteiger partial charge in [-0.1, -0.05) is 17.7 Å². The van der Waals surface area contributed by atoms with Gasteiger partial charge >= 0.3 is 0 Å². The second-order valence-corrected chi connectivity index (χ2v) is 5.31. The zero-order valence-corrected chi connectivity index (χ0v) is 11.8. The topological polar surface area (TPSA) is 94.1 Å². The fourth-order valence-electron chi connectivity index (χ4n) is 2.69. The molecule has 0 fully saturated rings. The number of nitrogens with one attached hydrogen (secondary N) is 2. The molecule has 0 bridgehead atoms. The number of hydrogen-bond donors (Lipinski definition) is 3. The van der Waals surface area contributed by atoms with Crippen molar-refractivity contribution in [3.8, 4) is 17.1 Å². The maximum absolute atomic E-state index is 11.3. The van der Waals surface area contributed by atoms with Crippen LogP contribution in [0.15, 0.2) is 41.7 Å². The Morgan fingerprint density at radius 1 is 1.18 bits per heavy atom. The molecule has 3 aromatic heterocycles. The molecule has 0 atom stereocenters. The van der Waals surface area contributed by atoms with Crippen molar-refractivity contribution in [3.63, 3.8) is 0 Å². The number of fused-ring (bicyclic) bond motifs is 2. The van der Waals surface area contributed by atoms with Crippen LogP contribution in [0, 0.1) is 4.91 Å². The molecule has 4 rings (SSSR count). The molecule has 0 saturated heterocycles. The highest BCUT2D eigenvalue weighted by molar-refractivity contribution is 6.31. The number of aromatic hydroxyl groups is 1. The second kappa shape index (κ2) is 4.57. The largest absolute Gasteiger partial charge is 0.494 e. The van der Waals surface area contributed by atoms with E-state index in [0.717, 1.165) is 5.39 Å². The number of hydrogen-bond acceptors (Lipinski definition) is 4. The normalized spacial score (nSPS) is 11.3. The zero-order valence-electron chi connectivity index (χ0n) is 11.1. The fourth-order valence-corrected chi connectivity index (χ4v) is 2.86. The molecule has 7 heteroatoms. The predicted octanol–water partition coefficient (Wildman–Crippen LogP) is 4.47. The zero-order chi connectivity index (χ0) is 15.3. The summed E-state index contributed by atoms with van der Waals surface area (Å²) in [4.78, 5) is 21.4. The van der Waals surface area contributed by atoms with Gasteiger partial charge in [0.25, 0.3) is 0 Å². The SMILES string of the molecule is O=Nc1c(-c2c(O)[nH]c3cc(Cl)ccc23)[nH]c2ncccc12. The Morgan fingerprint density at radius 2 is 2.05 bits per heavy atom. The lowest BCUT2D eigenvalue weighted by Gasteiger charge is -1.98. The third-order valence-corrected chi connectivity index (χ3v) is 3.86. The van der Waals surface area contributed by atoms with Crippen LogP contribution in [-0.4, -0.2) is 20.1 Å². The molecule has 0 saturated carbocycles. The predicted molar refractivity (Wildman–Crippen MR) is 85.5 cm³/mol. The summed E-state index contributed by atoms with van der Waals surface area (Å²) in [5, 5.41) is 15.2. The molecular formula is C15H9ClN4O2. The van der Waals surface area contributed by atoms with Gasteiger partial charge < -0.3 is 15.1 Å². The van der Waals surface area contributed by atoms with Crippen molar-refractivity contribution in [2.24, 2.45) is 5.18 Å². The summed E-state index contributed by atoms with van der Waals surface area (Å²) in [7, 11) is 0. The third kappa shape index (κ3) is 1.71. The number of rotatable bonds is 2. The fraction of sp³-hybridized carbons (Fsp3) is 0. The number of halogens is 1. The summed E-state index contributed by atoms with van der Waals surface area (Å²) in [6, 6.07) is 8.67. The van der Waals surface area contributed by atoms with Crippen LogP contribution in [0.3, 0.4) is 0 Å². The number of H-pyrrole nitrogens is 2. The minimum atomic E-state index is -0.0614. The van der Waals surface area contributed by atoms with Gasteiger partial charge in [0.05, 0.1) is 16.8 Å². The van der Waals surface area contributed by atoms with Gasteiger partial charge in [-0.2, -0.15) is 0 Å². The molecule has 0 spiro atoms. The van der Waals surface area contributed by atoms with E-state index in [4.69, 9.17) is 11.6 Å². The van der Waals surface area contributed by atoms with Crippen molar-refractivity contribution < 1.29 is 5.11 Å². The van der Waals surface area contributed by atoms with Gasteiger partial charge in [-0.3, -0.25) is 0 Å². The average molecular weight is 313 g/mol. The smallest absolute Gasteiger partial charge is 0.199 e. The van der Waals surface area contributed by atoms with E-state index in [9.17, 15) is 10.0 Å². The number of aromatic amines is 2. The van der Waals surface area contributed by atoms with E-state index in [1.807, 2.05) is 0 Å². The minimum absolute atomic E-state index is 0.0614. The number of aromatic nitrogens is 3. The quantitative estimate of drug-likeness (QED) is 0.477. The molecule has 1 aromatic carbocycles. The van der Waals surface area contributed by atoms with Gasteiger partial charge in [-0.25, -0.2) is 4.98 Å². The van der Waals surface area contributed by atoms with Gasteiger partial charge in [0.1, 0.15) is 11.3 Å². The molecule has 0 aliphatic rings. The van der Waals surface area contributed by atoms with Gasteiger partial charge in [0.2, 0.25) is 0 Å². The van der Waals surface area contributed by atoms with E-state index in [0.29, 0.717) is 32.8 Å². The molecule has 0 aliphatic carbocycles. The average Bonchev–Trinajstić information content (AvgIpc) is 3.02. The molecule has 0 radical (unpaired) electrons. The monoisotopic (exact) mass is 312 g/mol. The first kappa shape index (κ1) is 12.8. The number of nitrogens with zero attached hydrogens (tertiary/aromatic N) is 2. The number of nitroso groups, excluding NO2 is 1. The molecule has 108 valence electrons. The Labute approximate surface area is 128 Å². The van der Waals surface area contributed by atoms with Crippen molar-refractivity contribution >= 4 is 39.2 Å².